The van der Waals surface area contributed by atoms with Crippen molar-refractivity contribution in [3.63, 3.8) is 0 Å². The molecule has 2 heterocycles. The van der Waals surface area contributed by atoms with Gasteiger partial charge in [0.15, 0.2) is 0 Å². The number of aryl methyl sites for hydroxylation is 1. The van der Waals surface area contributed by atoms with Crippen molar-refractivity contribution in [1.82, 2.24) is 4.90 Å². The predicted molar refractivity (Wildman–Crippen MR) is 81.0 cm³/mol. The molecule has 1 fully saturated rings. The maximum absolute atomic E-state index is 12.9. The van der Waals surface area contributed by atoms with E-state index in [0.717, 1.165) is 11.5 Å². The summed E-state index contributed by atoms with van der Waals surface area (Å²) in [5, 5.41) is 0. The fourth-order valence-corrected chi connectivity index (χ4v) is 2.69. The Morgan fingerprint density at radius 1 is 1.27 bits per heavy atom. The van der Waals surface area contributed by atoms with Gasteiger partial charge in [-0.05, 0) is 31.2 Å². The van der Waals surface area contributed by atoms with E-state index in [9.17, 15) is 4.79 Å². The molecule has 0 spiro atoms. The average molecular weight is 301 g/mol. The Morgan fingerprint density at radius 3 is 2.82 bits per heavy atom. The zero-order valence-corrected chi connectivity index (χ0v) is 12.7. The number of para-hydroxylation sites is 1. The molecule has 116 valence electrons. The number of amides is 1. The third-order valence-corrected chi connectivity index (χ3v) is 3.82. The van der Waals surface area contributed by atoms with Crippen LogP contribution in [0.3, 0.4) is 0 Å². The van der Waals surface area contributed by atoms with Crippen LogP contribution in [0.2, 0.25) is 0 Å². The summed E-state index contributed by atoms with van der Waals surface area (Å²) < 4.78 is 16.5. The molecular weight excluding hydrogens is 282 g/mol. The van der Waals surface area contributed by atoms with Crippen molar-refractivity contribution in [2.45, 2.75) is 13.0 Å². The molecule has 0 radical (unpaired) electrons. The van der Waals surface area contributed by atoms with Crippen molar-refractivity contribution >= 4 is 5.91 Å². The van der Waals surface area contributed by atoms with Crippen LogP contribution in [-0.4, -0.2) is 37.7 Å². The summed E-state index contributed by atoms with van der Waals surface area (Å²) in [5.74, 6) is 2.08. The zero-order valence-electron chi connectivity index (χ0n) is 12.7. The molecule has 5 nitrogen and oxygen atoms in total. The maximum Gasteiger partial charge on any atom is 0.258 e. The Morgan fingerprint density at radius 2 is 2.09 bits per heavy atom. The summed E-state index contributed by atoms with van der Waals surface area (Å²) in [6.45, 7) is 3.38. The van der Waals surface area contributed by atoms with E-state index in [1.165, 1.54) is 0 Å². The SMILES string of the molecule is COc1ccccc1C(=O)N1CCOC[C@H]1c1ccc(C)o1. The molecule has 2 aromatic rings. The lowest BCUT2D eigenvalue weighted by Gasteiger charge is -2.34. The van der Waals surface area contributed by atoms with E-state index in [0.29, 0.717) is 31.1 Å². The second-order valence-electron chi connectivity index (χ2n) is 5.24. The Kier molecular flexibility index (Phi) is 4.15. The number of morpholine rings is 1. The van der Waals surface area contributed by atoms with Gasteiger partial charge in [0.2, 0.25) is 0 Å². The minimum atomic E-state index is -0.208. The molecule has 5 heteroatoms. The van der Waals surface area contributed by atoms with Crippen molar-refractivity contribution in [1.29, 1.82) is 0 Å². The van der Waals surface area contributed by atoms with Crippen LogP contribution >= 0.6 is 0 Å². The van der Waals surface area contributed by atoms with E-state index in [1.807, 2.05) is 31.2 Å². The van der Waals surface area contributed by atoms with Gasteiger partial charge in [0, 0.05) is 6.54 Å². The first-order valence-corrected chi connectivity index (χ1v) is 7.29. The van der Waals surface area contributed by atoms with Gasteiger partial charge in [0.05, 0.1) is 25.9 Å². The highest BCUT2D eigenvalue weighted by Gasteiger charge is 2.32. The van der Waals surface area contributed by atoms with Crippen LogP contribution in [0.4, 0.5) is 0 Å². The Labute approximate surface area is 129 Å². The largest absolute Gasteiger partial charge is 0.496 e. The van der Waals surface area contributed by atoms with Gasteiger partial charge in [-0.25, -0.2) is 0 Å². The number of benzene rings is 1. The Hall–Kier alpha value is -2.27. The third-order valence-electron chi connectivity index (χ3n) is 3.82. The quantitative estimate of drug-likeness (QED) is 0.875. The molecule has 0 N–H and O–H groups in total. The van der Waals surface area contributed by atoms with Gasteiger partial charge in [0.1, 0.15) is 23.3 Å². The Balaban J connectivity index is 1.91. The van der Waals surface area contributed by atoms with Crippen molar-refractivity contribution in [2.75, 3.05) is 26.9 Å². The van der Waals surface area contributed by atoms with Gasteiger partial charge < -0.3 is 18.8 Å². The predicted octanol–water partition coefficient (Wildman–Crippen LogP) is 2.81. The summed E-state index contributed by atoms with van der Waals surface area (Å²) >= 11 is 0. The number of rotatable bonds is 3. The standard InChI is InChI=1S/C17H19NO4/c1-12-7-8-16(22-12)14-11-21-10-9-18(14)17(19)13-5-3-4-6-15(13)20-2/h3-8,14H,9-11H2,1-2H3/t14-/m0/s1. The van der Waals surface area contributed by atoms with E-state index in [1.54, 1.807) is 24.1 Å². The fraction of sp³-hybridized carbons (Fsp3) is 0.353. The first-order chi connectivity index (χ1) is 10.7. The molecule has 1 saturated heterocycles. The number of ether oxygens (including phenoxy) is 2. The first kappa shape index (κ1) is 14.7. The third kappa shape index (κ3) is 2.72. The van der Waals surface area contributed by atoms with Crippen molar-refractivity contribution in [3.05, 3.63) is 53.5 Å². The highest BCUT2D eigenvalue weighted by Crippen LogP contribution is 2.29. The zero-order chi connectivity index (χ0) is 15.5. The molecule has 0 bridgehead atoms. The maximum atomic E-state index is 12.9. The van der Waals surface area contributed by atoms with E-state index in [2.05, 4.69) is 0 Å². The van der Waals surface area contributed by atoms with Crippen LogP contribution in [0.1, 0.15) is 27.9 Å². The number of methoxy groups -OCH3 is 1. The molecular formula is C17H19NO4. The minimum Gasteiger partial charge on any atom is -0.496 e. The smallest absolute Gasteiger partial charge is 0.258 e. The molecule has 1 atom stereocenters. The number of hydrogen-bond donors (Lipinski definition) is 0. The summed E-state index contributed by atoms with van der Waals surface area (Å²) in [5.41, 5.74) is 0.556. The molecule has 3 rings (SSSR count). The first-order valence-electron chi connectivity index (χ1n) is 7.29. The molecule has 1 aromatic carbocycles. The van der Waals surface area contributed by atoms with Crippen LogP contribution in [-0.2, 0) is 4.74 Å². The van der Waals surface area contributed by atoms with E-state index < -0.39 is 0 Å². The van der Waals surface area contributed by atoms with Crippen molar-refractivity contribution < 1.29 is 18.7 Å². The molecule has 1 aliphatic rings. The van der Waals surface area contributed by atoms with Crippen LogP contribution in [0.15, 0.2) is 40.8 Å². The van der Waals surface area contributed by atoms with Crippen molar-refractivity contribution in [3.8, 4) is 5.75 Å². The summed E-state index contributed by atoms with van der Waals surface area (Å²) in [7, 11) is 1.57. The number of furan rings is 1. The lowest BCUT2D eigenvalue weighted by atomic mass is 10.1. The molecule has 1 amide bonds. The van der Waals surface area contributed by atoms with Gasteiger partial charge in [-0.3, -0.25) is 4.79 Å². The van der Waals surface area contributed by atoms with Gasteiger partial charge in [-0.15, -0.1) is 0 Å². The van der Waals surface area contributed by atoms with Crippen LogP contribution in [0.5, 0.6) is 5.75 Å². The minimum absolute atomic E-state index is 0.0696. The number of carbonyl (C=O) groups is 1. The lowest BCUT2D eigenvalue weighted by molar-refractivity contribution is -0.00908. The monoisotopic (exact) mass is 301 g/mol. The highest BCUT2D eigenvalue weighted by atomic mass is 16.5. The summed E-state index contributed by atoms with van der Waals surface area (Å²) in [4.78, 5) is 14.7. The average Bonchev–Trinajstić information content (AvgIpc) is 3.00. The van der Waals surface area contributed by atoms with Gasteiger partial charge >= 0.3 is 0 Å². The van der Waals surface area contributed by atoms with Gasteiger partial charge in [-0.2, -0.15) is 0 Å². The van der Waals surface area contributed by atoms with E-state index in [4.69, 9.17) is 13.9 Å². The van der Waals surface area contributed by atoms with Gasteiger partial charge in [-0.1, -0.05) is 12.1 Å². The number of hydrogen-bond acceptors (Lipinski definition) is 4. The molecule has 0 unspecified atom stereocenters. The molecule has 22 heavy (non-hydrogen) atoms. The van der Waals surface area contributed by atoms with Gasteiger partial charge in [0.25, 0.3) is 5.91 Å². The Bertz CT molecular complexity index is 664. The molecule has 1 aliphatic heterocycles. The highest BCUT2D eigenvalue weighted by molar-refractivity contribution is 5.97. The molecule has 0 saturated carbocycles. The van der Waals surface area contributed by atoms with E-state index >= 15 is 0 Å². The molecule has 1 aromatic heterocycles. The summed E-state index contributed by atoms with van der Waals surface area (Å²) in [6.07, 6.45) is 0. The van der Waals surface area contributed by atoms with Crippen molar-refractivity contribution in [2.24, 2.45) is 0 Å². The van der Waals surface area contributed by atoms with Crippen LogP contribution in [0, 0.1) is 6.92 Å². The topological polar surface area (TPSA) is 51.9 Å². The normalized spacial score (nSPS) is 18.3. The van der Waals surface area contributed by atoms with E-state index in [-0.39, 0.29) is 11.9 Å². The van der Waals surface area contributed by atoms with Crippen LogP contribution < -0.4 is 4.74 Å². The second-order valence-corrected chi connectivity index (χ2v) is 5.24. The summed E-state index contributed by atoms with van der Waals surface area (Å²) in [6, 6.07) is 10.8. The fourth-order valence-electron chi connectivity index (χ4n) is 2.69. The number of carbonyl (C=O) groups excluding carboxylic acids is 1. The number of nitrogens with zero attached hydrogens (tertiary/aromatic N) is 1. The lowest BCUT2D eigenvalue weighted by Crippen LogP contribution is -2.43. The van der Waals surface area contributed by atoms with Crippen LogP contribution in [0.25, 0.3) is 0 Å². The second kappa shape index (κ2) is 6.23. The molecule has 0 aliphatic carbocycles.